The van der Waals surface area contributed by atoms with Crippen molar-refractivity contribution in [1.82, 2.24) is 0 Å². The zero-order valence-electron chi connectivity index (χ0n) is 8.64. The van der Waals surface area contributed by atoms with E-state index in [9.17, 15) is 0 Å². The number of alkyl halides is 1. The highest BCUT2D eigenvalue weighted by Crippen LogP contribution is 2.21. The summed E-state index contributed by atoms with van der Waals surface area (Å²) in [5, 5.41) is 1.10. The Hall–Kier alpha value is 0.440. The number of methoxy groups -OCH3 is 1. The SMILES string of the molecule is COCC(CC(C)CBr)C(C)C. The fourth-order valence-electron chi connectivity index (χ4n) is 1.33. The average Bonchev–Trinajstić information content (AvgIpc) is 2.03. The number of rotatable bonds is 6. The van der Waals surface area contributed by atoms with E-state index in [4.69, 9.17) is 4.74 Å². The first-order chi connectivity index (χ1) is 5.61. The van der Waals surface area contributed by atoms with Gasteiger partial charge >= 0.3 is 0 Å². The Morgan fingerprint density at radius 3 is 2.17 bits per heavy atom. The highest BCUT2D eigenvalue weighted by Gasteiger charge is 2.15. The summed E-state index contributed by atoms with van der Waals surface area (Å²) < 4.78 is 5.20. The lowest BCUT2D eigenvalue weighted by Crippen LogP contribution is -2.18. The standard InChI is InChI=1S/C10H21BrO/c1-8(2)10(7-12-4)5-9(3)6-11/h8-10H,5-7H2,1-4H3. The maximum Gasteiger partial charge on any atom is 0.0493 e. The van der Waals surface area contributed by atoms with Gasteiger partial charge in [-0.25, -0.2) is 0 Å². The van der Waals surface area contributed by atoms with Crippen molar-refractivity contribution in [1.29, 1.82) is 0 Å². The summed E-state index contributed by atoms with van der Waals surface area (Å²) in [6.07, 6.45) is 1.26. The molecule has 0 aromatic heterocycles. The number of hydrogen-bond donors (Lipinski definition) is 0. The van der Waals surface area contributed by atoms with E-state index in [-0.39, 0.29) is 0 Å². The molecule has 2 unspecified atom stereocenters. The minimum absolute atomic E-state index is 0.711. The van der Waals surface area contributed by atoms with Crippen LogP contribution in [0.1, 0.15) is 27.2 Å². The lowest BCUT2D eigenvalue weighted by Gasteiger charge is -2.22. The third-order valence-electron chi connectivity index (χ3n) is 2.29. The summed E-state index contributed by atoms with van der Waals surface area (Å²) in [4.78, 5) is 0. The smallest absolute Gasteiger partial charge is 0.0493 e. The third-order valence-corrected chi connectivity index (χ3v) is 3.40. The second kappa shape index (κ2) is 6.90. The molecule has 0 heterocycles. The van der Waals surface area contributed by atoms with Gasteiger partial charge in [0.2, 0.25) is 0 Å². The monoisotopic (exact) mass is 236 g/mol. The largest absolute Gasteiger partial charge is 0.384 e. The Labute approximate surface area is 85.0 Å². The van der Waals surface area contributed by atoms with Gasteiger partial charge < -0.3 is 4.74 Å². The van der Waals surface area contributed by atoms with Crippen molar-refractivity contribution >= 4 is 15.9 Å². The predicted molar refractivity (Wildman–Crippen MR) is 57.8 cm³/mol. The molecule has 1 nitrogen and oxygen atoms in total. The van der Waals surface area contributed by atoms with E-state index in [0.29, 0.717) is 5.92 Å². The molecule has 0 amide bonds. The third kappa shape index (κ3) is 5.15. The van der Waals surface area contributed by atoms with E-state index in [1.165, 1.54) is 6.42 Å². The molecule has 2 atom stereocenters. The van der Waals surface area contributed by atoms with E-state index < -0.39 is 0 Å². The van der Waals surface area contributed by atoms with Crippen LogP contribution in [-0.4, -0.2) is 19.0 Å². The molecule has 0 aromatic carbocycles. The minimum atomic E-state index is 0.711. The summed E-state index contributed by atoms with van der Waals surface area (Å²) in [6.45, 7) is 7.71. The van der Waals surface area contributed by atoms with Crippen LogP contribution in [0.2, 0.25) is 0 Å². The summed E-state index contributed by atoms with van der Waals surface area (Å²) in [6, 6.07) is 0. The molecule has 0 aliphatic heterocycles. The molecule has 0 bridgehead atoms. The molecule has 0 aliphatic rings. The van der Waals surface area contributed by atoms with Crippen LogP contribution in [0.3, 0.4) is 0 Å². The van der Waals surface area contributed by atoms with Crippen LogP contribution in [0.15, 0.2) is 0 Å². The summed E-state index contributed by atoms with van der Waals surface area (Å²) in [5.74, 6) is 2.20. The second-order valence-corrected chi connectivity index (χ2v) is 4.60. The summed E-state index contributed by atoms with van der Waals surface area (Å²) in [7, 11) is 1.79. The molecule has 0 aliphatic carbocycles. The van der Waals surface area contributed by atoms with Crippen LogP contribution in [0.4, 0.5) is 0 Å². The molecular formula is C10H21BrO. The average molecular weight is 237 g/mol. The van der Waals surface area contributed by atoms with E-state index in [1.54, 1.807) is 7.11 Å². The topological polar surface area (TPSA) is 9.23 Å². The Bertz CT molecular complexity index is 104. The van der Waals surface area contributed by atoms with Gasteiger partial charge in [-0.1, -0.05) is 36.7 Å². The number of halogens is 1. The molecule has 0 spiro atoms. The van der Waals surface area contributed by atoms with Gasteiger partial charge in [0.05, 0.1) is 0 Å². The predicted octanol–water partition coefficient (Wildman–Crippen LogP) is 3.33. The summed E-state index contributed by atoms with van der Waals surface area (Å²) in [5.41, 5.74) is 0. The van der Waals surface area contributed by atoms with Crippen molar-refractivity contribution in [3.63, 3.8) is 0 Å². The normalized spacial score (nSPS) is 16.5. The van der Waals surface area contributed by atoms with Crippen LogP contribution < -0.4 is 0 Å². The molecule has 0 saturated carbocycles. The molecule has 0 aromatic rings. The highest BCUT2D eigenvalue weighted by molar-refractivity contribution is 9.09. The molecule has 0 radical (unpaired) electrons. The van der Waals surface area contributed by atoms with Crippen molar-refractivity contribution < 1.29 is 4.74 Å². The van der Waals surface area contributed by atoms with E-state index in [2.05, 4.69) is 36.7 Å². The first-order valence-corrected chi connectivity index (χ1v) is 5.78. The lowest BCUT2D eigenvalue weighted by atomic mass is 9.88. The Kier molecular flexibility index (Phi) is 7.16. The van der Waals surface area contributed by atoms with Crippen molar-refractivity contribution in [2.45, 2.75) is 27.2 Å². The zero-order chi connectivity index (χ0) is 9.56. The van der Waals surface area contributed by atoms with Gasteiger partial charge in [-0.3, -0.25) is 0 Å². The fraction of sp³-hybridized carbons (Fsp3) is 1.00. The first-order valence-electron chi connectivity index (χ1n) is 4.66. The number of ether oxygens (including phenoxy) is 1. The van der Waals surface area contributed by atoms with E-state index in [0.717, 1.165) is 23.8 Å². The molecule has 0 rings (SSSR count). The van der Waals surface area contributed by atoms with Crippen LogP contribution in [0.5, 0.6) is 0 Å². The van der Waals surface area contributed by atoms with Crippen LogP contribution in [-0.2, 0) is 4.74 Å². The lowest BCUT2D eigenvalue weighted by molar-refractivity contribution is 0.116. The first kappa shape index (κ1) is 12.4. The van der Waals surface area contributed by atoms with Gasteiger partial charge in [-0.05, 0) is 24.2 Å². The fourth-order valence-corrected chi connectivity index (χ4v) is 1.59. The Balaban J connectivity index is 3.77. The van der Waals surface area contributed by atoms with Gasteiger partial charge in [0.25, 0.3) is 0 Å². The van der Waals surface area contributed by atoms with Gasteiger partial charge in [0.15, 0.2) is 0 Å². The van der Waals surface area contributed by atoms with Crippen molar-refractivity contribution in [3.05, 3.63) is 0 Å². The van der Waals surface area contributed by atoms with Crippen molar-refractivity contribution in [2.75, 3.05) is 19.0 Å². The van der Waals surface area contributed by atoms with E-state index in [1.807, 2.05) is 0 Å². The second-order valence-electron chi connectivity index (χ2n) is 3.95. The highest BCUT2D eigenvalue weighted by atomic mass is 79.9. The molecule has 0 saturated heterocycles. The molecule has 12 heavy (non-hydrogen) atoms. The van der Waals surface area contributed by atoms with Crippen molar-refractivity contribution in [3.8, 4) is 0 Å². The van der Waals surface area contributed by atoms with Gasteiger partial charge in [0.1, 0.15) is 0 Å². The van der Waals surface area contributed by atoms with Gasteiger partial charge in [0, 0.05) is 19.0 Å². The molecule has 0 N–H and O–H groups in total. The minimum Gasteiger partial charge on any atom is -0.384 e. The molecule has 74 valence electrons. The Morgan fingerprint density at radius 1 is 1.25 bits per heavy atom. The van der Waals surface area contributed by atoms with Crippen LogP contribution in [0.25, 0.3) is 0 Å². The maximum absolute atomic E-state index is 5.20. The molecular weight excluding hydrogens is 216 g/mol. The molecule has 0 fully saturated rings. The maximum atomic E-state index is 5.20. The zero-order valence-corrected chi connectivity index (χ0v) is 10.2. The van der Waals surface area contributed by atoms with E-state index >= 15 is 0 Å². The number of hydrogen-bond acceptors (Lipinski definition) is 1. The van der Waals surface area contributed by atoms with Gasteiger partial charge in [-0.2, -0.15) is 0 Å². The quantitative estimate of drug-likeness (QED) is 0.644. The molecule has 2 heteroatoms. The van der Waals surface area contributed by atoms with Gasteiger partial charge in [-0.15, -0.1) is 0 Å². The van der Waals surface area contributed by atoms with Crippen LogP contribution in [0, 0.1) is 17.8 Å². The van der Waals surface area contributed by atoms with Crippen LogP contribution >= 0.6 is 15.9 Å². The summed E-state index contributed by atoms with van der Waals surface area (Å²) >= 11 is 3.50. The Morgan fingerprint density at radius 2 is 1.83 bits per heavy atom. The van der Waals surface area contributed by atoms with Crippen molar-refractivity contribution in [2.24, 2.45) is 17.8 Å².